The van der Waals surface area contributed by atoms with Gasteiger partial charge in [-0.1, -0.05) is 13.0 Å². The molecule has 2 aromatic rings. The Morgan fingerprint density at radius 2 is 1.94 bits per heavy atom. The molecule has 2 atom stereocenters. The molecule has 0 bridgehead atoms. The van der Waals surface area contributed by atoms with E-state index in [9.17, 15) is 18.0 Å². The molecule has 1 N–H and O–H groups in total. The minimum Gasteiger partial charge on any atom is -0.379 e. The number of carbonyl (C=O) groups is 1. The van der Waals surface area contributed by atoms with E-state index in [1.54, 1.807) is 19.1 Å². The van der Waals surface area contributed by atoms with Crippen molar-refractivity contribution in [3.8, 4) is 0 Å². The Morgan fingerprint density at radius 1 is 1.19 bits per heavy atom. The number of ether oxygens (including phenoxy) is 1. The maximum absolute atomic E-state index is 13.9. The molecule has 0 radical (unpaired) electrons. The molecule has 1 saturated heterocycles. The van der Waals surface area contributed by atoms with Crippen molar-refractivity contribution < 1.29 is 22.7 Å². The van der Waals surface area contributed by atoms with Gasteiger partial charge in [0.05, 0.1) is 36.5 Å². The number of hydrogen-bond acceptors (Lipinski definition) is 5. The quantitative estimate of drug-likeness (QED) is 0.623. The molecule has 9 heteroatoms. The third-order valence-corrected chi connectivity index (χ3v) is 7.29. The summed E-state index contributed by atoms with van der Waals surface area (Å²) < 4.78 is 47.1. The lowest BCUT2D eigenvalue weighted by molar-refractivity contribution is -0.136. The van der Waals surface area contributed by atoms with E-state index in [4.69, 9.17) is 4.74 Å². The fourth-order valence-corrected chi connectivity index (χ4v) is 4.93. The second-order valence-corrected chi connectivity index (χ2v) is 10.1. The molecule has 192 valence electrons. The van der Waals surface area contributed by atoms with Crippen molar-refractivity contribution in [1.29, 1.82) is 0 Å². The van der Waals surface area contributed by atoms with Crippen molar-refractivity contribution in [3.63, 3.8) is 0 Å². The molecule has 36 heavy (non-hydrogen) atoms. The summed E-state index contributed by atoms with van der Waals surface area (Å²) >= 11 is 0. The van der Waals surface area contributed by atoms with Crippen molar-refractivity contribution in [3.05, 3.63) is 52.4 Å². The summed E-state index contributed by atoms with van der Waals surface area (Å²) in [6.07, 6.45) is 1.24. The molecule has 1 aromatic heterocycles. The number of pyridine rings is 1. The average Bonchev–Trinajstić information content (AvgIpc) is 3.69. The van der Waals surface area contributed by atoms with Gasteiger partial charge >= 0.3 is 6.18 Å². The van der Waals surface area contributed by atoms with Gasteiger partial charge in [0, 0.05) is 31.2 Å². The summed E-state index contributed by atoms with van der Waals surface area (Å²) in [5.41, 5.74) is 1.06. The lowest BCUT2D eigenvalue weighted by Crippen LogP contribution is -2.41. The molecule has 5 rings (SSSR count). The third-order valence-electron chi connectivity index (χ3n) is 7.29. The molecule has 6 nitrogen and oxygen atoms in total. The third kappa shape index (κ3) is 5.47. The normalized spacial score (nSPS) is 23.1. The highest BCUT2D eigenvalue weighted by Gasteiger charge is 2.36. The van der Waals surface area contributed by atoms with Crippen LogP contribution in [0.15, 0.2) is 35.0 Å². The van der Waals surface area contributed by atoms with Crippen LogP contribution in [0.4, 0.5) is 13.2 Å². The van der Waals surface area contributed by atoms with E-state index in [0.717, 1.165) is 51.4 Å². The van der Waals surface area contributed by atoms with Gasteiger partial charge in [-0.15, -0.1) is 0 Å². The predicted octanol–water partition coefficient (Wildman–Crippen LogP) is 4.72. The van der Waals surface area contributed by atoms with Gasteiger partial charge in [-0.25, -0.2) is 4.98 Å². The first-order chi connectivity index (χ1) is 17.2. The molecule has 1 aromatic carbocycles. The number of halogens is 3. The van der Waals surface area contributed by atoms with Gasteiger partial charge in [-0.2, -0.15) is 13.2 Å². The molecule has 1 saturated carbocycles. The number of nitrogens with zero attached hydrogens (tertiary/aromatic N) is 3. The topological polar surface area (TPSA) is 66.8 Å². The number of hydrogen-bond donors (Lipinski definition) is 1. The zero-order valence-electron chi connectivity index (χ0n) is 20.6. The first-order valence-corrected chi connectivity index (χ1v) is 12.5. The Hall–Kier alpha value is -2.78. The Kier molecular flexibility index (Phi) is 6.87. The Balaban J connectivity index is 1.33. The monoisotopic (exact) mass is 500 g/mol. The summed E-state index contributed by atoms with van der Waals surface area (Å²) in [7, 11) is 0. The van der Waals surface area contributed by atoms with E-state index in [1.807, 2.05) is 6.21 Å². The van der Waals surface area contributed by atoms with Gasteiger partial charge in [0.25, 0.3) is 5.91 Å². The Labute approximate surface area is 208 Å². The molecule has 2 unspecified atom stereocenters. The van der Waals surface area contributed by atoms with Gasteiger partial charge in [0.15, 0.2) is 0 Å². The molecule has 2 fully saturated rings. The molecule has 1 aliphatic carbocycles. The number of amides is 1. The highest BCUT2D eigenvalue weighted by molar-refractivity contribution is 5.97. The number of aromatic nitrogens is 1. The number of fused-ring (bicyclic) bond motifs is 1. The molecule has 2 aliphatic heterocycles. The van der Waals surface area contributed by atoms with Crippen LogP contribution in [-0.4, -0.2) is 61.4 Å². The van der Waals surface area contributed by atoms with Crippen LogP contribution < -0.4 is 5.32 Å². The van der Waals surface area contributed by atoms with Gasteiger partial charge in [0.1, 0.15) is 5.69 Å². The van der Waals surface area contributed by atoms with E-state index in [1.165, 1.54) is 6.07 Å². The largest absolute Gasteiger partial charge is 0.418 e. The summed E-state index contributed by atoms with van der Waals surface area (Å²) in [4.78, 5) is 24.0. The summed E-state index contributed by atoms with van der Waals surface area (Å²) in [5, 5.41) is 3.25. The van der Waals surface area contributed by atoms with Crippen LogP contribution in [0.3, 0.4) is 0 Å². The minimum atomic E-state index is -4.55. The highest BCUT2D eigenvalue weighted by atomic mass is 19.4. The summed E-state index contributed by atoms with van der Waals surface area (Å²) in [6.45, 7) is 8.19. The van der Waals surface area contributed by atoms with Crippen LogP contribution in [-0.2, 0) is 10.9 Å². The van der Waals surface area contributed by atoms with Gasteiger partial charge in [-0.3, -0.25) is 14.7 Å². The molecular weight excluding hydrogens is 469 g/mol. The first-order valence-electron chi connectivity index (χ1n) is 12.5. The standard InChI is InChI=1S/C27H31F3N4O2/c1-16-9-24(33-25-22(16)11-19(18-3-4-18)12-23(25)27(28,29)30)26(35)32-14-21-10-20(17(2)13-31-21)15-34-5-7-36-8-6-34/h9-13,17-18,20H,3-8,14-15H2,1-2H3,(H,32,35). The Morgan fingerprint density at radius 3 is 2.64 bits per heavy atom. The van der Waals surface area contributed by atoms with Gasteiger partial charge < -0.3 is 10.1 Å². The van der Waals surface area contributed by atoms with Crippen LogP contribution in [0.1, 0.15) is 52.9 Å². The number of carbonyl (C=O) groups excluding carboxylic acids is 1. The molecule has 3 heterocycles. The first kappa shape index (κ1) is 24.9. The van der Waals surface area contributed by atoms with E-state index in [-0.39, 0.29) is 35.5 Å². The van der Waals surface area contributed by atoms with Crippen molar-refractivity contribution in [1.82, 2.24) is 15.2 Å². The Bertz CT molecular complexity index is 1210. The van der Waals surface area contributed by atoms with E-state index < -0.39 is 17.6 Å². The zero-order valence-corrected chi connectivity index (χ0v) is 20.6. The lowest BCUT2D eigenvalue weighted by atomic mass is 9.91. The van der Waals surface area contributed by atoms with Crippen molar-refractivity contribution in [2.24, 2.45) is 16.8 Å². The number of alkyl halides is 3. The van der Waals surface area contributed by atoms with Gasteiger partial charge in [-0.05, 0) is 66.8 Å². The highest BCUT2D eigenvalue weighted by Crippen LogP contribution is 2.44. The van der Waals surface area contributed by atoms with Crippen molar-refractivity contribution >= 4 is 23.0 Å². The van der Waals surface area contributed by atoms with Crippen LogP contribution in [0, 0.1) is 18.8 Å². The summed E-state index contributed by atoms with van der Waals surface area (Å²) in [6, 6.07) is 4.56. The number of aliphatic imine (C=N–C) groups is 1. The fraction of sp³-hybridized carbons (Fsp3) is 0.519. The van der Waals surface area contributed by atoms with E-state index in [2.05, 4.69) is 33.2 Å². The second kappa shape index (κ2) is 9.94. The SMILES string of the molecule is Cc1cc(C(=O)NCC2=CC(CN3CCOCC3)C(C)C=N2)nc2c(C(F)(F)F)cc(C3CC3)cc12. The second-order valence-electron chi connectivity index (χ2n) is 10.1. The zero-order chi connectivity index (χ0) is 25.4. The van der Waals surface area contributed by atoms with E-state index in [0.29, 0.717) is 16.5 Å². The fourth-order valence-electron chi connectivity index (χ4n) is 4.93. The molecule has 0 spiro atoms. The van der Waals surface area contributed by atoms with Crippen LogP contribution in [0.2, 0.25) is 0 Å². The number of aryl methyl sites for hydroxylation is 1. The van der Waals surface area contributed by atoms with Crippen LogP contribution in [0.5, 0.6) is 0 Å². The van der Waals surface area contributed by atoms with Crippen LogP contribution >= 0.6 is 0 Å². The minimum absolute atomic E-state index is 0.0247. The van der Waals surface area contributed by atoms with Gasteiger partial charge in [0.2, 0.25) is 0 Å². The number of morpholine rings is 1. The van der Waals surface area contributed by atoms with Crippen LogP contribution in [0.25, 0.3) is 10.9 Å². The molecule has 3 aliphatic rings. The predicted molar refractivity (Wildman–Crippen MR) is 132 cm³/mol. The molecule has 1 amide bonds. The number of rotatable bonds is 6. The smallest absolute Gasteiger partial charge is 0.379 e. The summed E-state index contributed by atoms with van der Waals surface area (Å²) in [5.74, 6) is 0.206. The van der Waals surface area contributed by atoms with Crippen molar-refractivity contribution in [2.75, 3.05) is 39.4 Å². The molecular formula is C27H31F3N4O2. The average molecular weight is 501 g/mol. The van der Waals surface area contributed by atoms with Crippen molar-refractivity contribution in [2.45, 2.75) is 38.8 Å². The number of benzene rings is 1. The maximum Gasteiger partial charge on any atom is 0.418 e. The number of nitrogens with one attached hydrogen (secondary N) is 1. The maximum atomic E-state index is 13.9. The lowest BCUT2D eigenvalue weighted by Gasteiger charge is -2.32. The van der Waals surface area contributed by atoms with E-state index >= 15 is 0 Å².